The van der Waals surface area contributed by atoms with Gasteiger partial charge in [-0.3, -0.25) is 0 Å². The molecule has 0 unspecified atom stereocenters. The zero-order chi connectivity index (χ0) is 19.5. The molecule has 1 aromatic rings. The number of hydrogen-bond acceptors (Lipinski definition) is 6. The number of piperidine rings is 1. The highest BCUT2D eigenvalue weighted by molar-refractivity contribution is 5.28. The molecule has 1 aliphatic rings. The number of rotatable bonds is 12. The first-order valence-corrected chi connectivity index (χ1v) is 10.2. The Labute approximate surface area is 163 Å². The molecule has 2 rings (SSSR count). The van der Waals surface area contributed by atoms with Crippen LogP contribution in [0.25, 0.3) is 0 Å². The minimum Gasteiger partial charge on any atom is -0.491 e. The lowest BCUT2D eigenvalue weighted by atomic mass is 10.1. The molecule has 0 aliphatic carbocycles. The predicted molar refractivity (Wildman–Crippen MR) is 107 cm³/mol. The van der Waals surface area contributed by atoms with Gasteiger partial charge in [0, 0.05) is 32.8 Å². The molecular weight excluding hydrogens is 344 g/mol. The van der Waals surface area contributed by atoms with Crippen LogP contribution in [-0.4, -0.2) is 72.8 Å². The molecule has 1 atom stereocenters. The van der Waals surface area contributed by atoms with Crippen LogP contribution in [0, 0.1) is 0 Å². The van der Waals surface area contributed by atoms with Gasteiger partial charge in [0.05, 0.1) is 12.2 Å². The smallest absolute Gasteiger partial charge is 0.119 e. The summed E-state index contributed by atoms with van der Waals surface area (Å²) in [4.78, 5) is 2.18. The fourth-order valence-electron chi connectivity index (χ4n) is 3.14. The molecule has 0 radical (unpaired) electrons. The molecule has 0 spiro atoms. The molecule has 27 heavy (non-hydrogen) atoms. The molecule has 6 heteroatoms. The van der Waals surface area contributed by atoms with Gasteiger partial charge in [-0.2, -0.15) is 0 Å². The maximum Gasteiger partial charge on any atom is 0.119 e. The summed E-state index contributed by atoms with van der Waals surface area (Å²) >= 11 is 0. The first-order valence-electron chi connectivity index (χ1n) is 10.2. The Morgan fingerprint density at radius 1 is 1.26 bits per heavy atom. The second kappa shape index (κ2) is 12.3. The van der Waals surface area contributed by atoms with Gasteiger partial charge in [0.1, 0.15) is 18.5 Å². The number of β-amino-alcohol motifs (C(OH)–C–C–N with tert-alkyl or cyclic N) is 1. The van der Waals surface area contributed by atoms with Gasteiger partial charge in [-0.15, -0.1) is 0 Å². The Morgan fingerprint density at radius 2 is 2.04 bits per heavy atom. The van der Waals surface area contributed by atoms with Gasteiger partial charge in [-0.25, -0.2) is 0 Å². The van der Waals surface area contributed by atoms with Gasteiger partial charge >= 0.3 is 0 Å². The van der Waals surface area contributed by atoms with Crippen LogP contribution in [-0.2, 0) is 11.3 Å². The van der Waals surface area contributed by atoms with Crippen molar-refractivity contribution in [3.8, 4) is 5.75 Å². The molecule has 1 heterocycles. The van der Waals surface area contributed by atoms with E-state index in [2.05, 4.69) is 16.3 Å². The van der Waals surface area contributed by atoms with Gasteiger partial charge in [0.2, 0.25) is 0 Å². The van der Waals surface area contributed by atoms with Gasteiger partial charge < -0.3 is 29.9 Å². The number of aliphatic hydroxyl groups excluding tert-OH is 2. The number of aliphatic hydroxyl groups is 2. The number of benzene rings is 1. The summed E-state index contributed by atoms with van der Waals surface area (Å²) in [7, 11) is 0. The van der Waals surface area contributed by atoms with Crippen LogP contribution in [0.2, 0.25) is 0 Å². The van der Waals surface area contributed by atoms with E-state index in [1.54, 1.807) is 0 Å². The van der Waals surface area contributed by atoms with E-state index in [9.17, 15) is 10.2 Å². The van der Waals surface area contributed by atoms with Gasteiger partial charge in [-0.05, 0) is 57.4 Å². The van der Waals surface area contributed by atoms with Crippen LogP contribution >= 0.6 is 0 Å². The highest BCUT2D eigenvalue weighted by atomic mass is 16.5. The Bertz CT molecular complexity index is 519. The zero-order valence-corrected chi connectivity index (χ0v) is 16.8. The lowest BCUT2D eigenvalue weighted by Gasteiger charge is -2.30. The molecule has 0 amide bonds. The number of hydrogen-bond donors (Lipinski definition) is 3. The van der Waals surface area contributed by atoms with Crippen molar-refractivity contribution in [1.29, 1.82) is 0 Å². The number of ether oxygens (including phenoxy) is 2. The van der Waals surface area contributed by atoms with Crippen LogP contribution in [0.3, 0.4) is 0 Å². The van der Waals surface area contributed by atoms with Crippen molar-refractivity contribution >= 4 is 0 Å². The van der Waals surface area contributed by atoms with Crippen LogP contribution in [0.15, 0.2) is 24.3 Å². The van der Waals surface area contributed by atoms with Crippen molar-refractivity contribution < 1.29 is 19.7 Å². The number of nitrogens with zero attached hydrogens (tertiary/aromatic N) is 1. The SMILES string of the molecule is CC(C)OCCCNCc1cccc(OC[C@H](O)CN2CCC(O)CC2)c1. The minimum absolute atomic E-state index is 0.186. The topological polar surface area (TPSA) is 74.2 Å². The molecule has 0 aromatic heterocycles. The average molecular weight is 381 g/mol. The number of nitrogens with one attached hydrogen (secondary N) is 1. The molecule has 1 saturated heterocycles. The lowest BCUT2D eigenvalue weighted by molar-refractivity contribution is 0.0337. The van der Waals surface area contributed by atoms with Crippen molar-refractivity contribution in [1.82, 2.24) is 10.2 Å². The van der Waals surface area contributed by atoms with Crippen molar-refractivity contribution in [3.05, 3.63) is 29.8 Å². The Kier molecular flexibility index (Phi) is 10.1. The molecule has 1 aromatic carbocycles. The van der Waals surface area contributed by atoms with Gasteiger partial charge in [0.15, 0.2) is 0 Å². The molecule has 1 fully saturated rings. The molecular formula is C21H36N2O4. The second-order valence-electron chi connectivity index (χ2n) is 7.59. The third-order valence-electron chi connectivity index (χ3n) is 4.65. The molecule has 154 valence electrons. The highest BCUT2D eigenvalue weighted by Crippen LogP contribution is 2.14. The van der Waals surface area contributed by atoms with E-state index in [4.69, 9.17) is 9.47 Å². The summed E-state index contributed by atoms with van der Waals surface area (Å²) in [5.74, 6) is 0.783. The fourth-order valence-corrected chi connectivity index (χ4v) is 3.14. The van der Waals surface area contributed by atoms with E-state index in [1.807, 2.05) is 32.0 Å². The van der Waals surface area contributed by atoms with E-state index in [0.717, 1.165) is 63.4 Å². The molecule has 0 bridgehead atoms. The monoisotopic (exact) mass is 380 g/mol. The van der Waals surface area contributed by atoms with E-state index in [1.165, 1.54) is 0 Å². The lowest BCUT2D eigenvalue weighted by Crippen LogP contribution is -2.41. The summed E-state index contributed by atoms with van der Waals surface area (Å²) in [5, 5.41) is 23.2. The molecule has 1 aliphatic heterocycles. The van der Waals surface area contributed by atoms with Crippen LogP contribution in [0.4, 0.5) is 0 Å². The fraction of sp³-hybridized carbons (Fsp3) is 0.714. The highest BCUT2D eigenvalue weighted by Gasteiger charge is 2.19. The summed E-state index contributed by atoms with van der Waals surface area (Å²) in [6, 6.07) is 7.98. The van der Waals surface area contributed by atoms with Crippen LogP contribution < -0.4 is 10.1 Å². The number of likely N-dealkylation sites (tertiary alicyclic amines) is 1. The van der Waals surface area contributed by atoms with Crippen molar-refractivity contribution in [2.75, 3.05) is 39.4 Å². The third kappa shape index (κ3) is 9.53. The van der Waals surface area contributed by atoms with E-state index >= 15 is 0 Å². The zero-order valence-electron chi connectivity index (χ0n) is 16.8. The summed E-state index contributed by atoms with van der Waals surface area (Å²) in [5.41, 5.74) is 1.16. The summed E-state index contributed by atoms with van der Waals surface area (Å²) in [6.45, 7) is 9.12. The minimum atomic E-state index is -0.525. The van der Waals surface area contributed by atoms with E-state index in [0.29, 0.717) is 6.54 Å². The van der Waals surface area contributed by atoms with Crippen molar-refractivity contribution in [2.45, 2.75) is 58.0 Å². The maximum absolute atomic E-state index is 10.2. The Balaban J connectivity index is 1.63. The molecule has 0 saturated carbocycles. The summed E-state index contributed by atoms with van der Waals surface area (Å²) < 4.78 is 11.3. The second-order valence-corrected chi connectivity index (χ2v) is 7.59. The summed E-state index contributed by atoms with van der Waals surface area (Å²) in [6.07, 6.45) is 2.14. The van der Waals surface area contributed by atoms with Crippen molar-refractivity contribution in [2.24, 2.45) is 0 Å². The van der Waals surface area contributed by atoms with E-state index < -0.39 is 6.10 Å². The van der Waals surface area contributed by atoms with Gasteiger partial charge in [-0.1, -0.05) is 12.1 Å². The Morgan fingerprint density at radius 3 is 2.78 bits per heavy atom. The first-order chi connectivity index (χ1) is 13.0. The standard InChI is InChI=1S/C21H36N2O4/c1-17(2)26-12-4-9-22-14-18-5-3-6-21(13-18)27-16-20(25)15-23-10-7-19(24)8-11-23/h3,5-6,13,17,19-20,22,24-25H,4,7-12,14-16H2,1-2H3/t20-/m1/s1. The van der Waals surface area contributed by atoms with Crippen molar-refractivity contribution in [3.63, 3.8) is 0 Å². The quantitative estimate of drug-likeness (QED) is 0.480. The maximum atomic E-state index is 10.2. The Hall–Kier alpha value is -1.18. The van der Waals surface area contributed by atoms with Crippen LogP contribution in [0.1, 0.15) is 38.7 Å². The molecule has 3 N–H and O–H groups in total. The third-order valence-corrected chi connectivity index (χ3v) is 4.65. The normalized spacial score (nSPS) is 17.4. The predicted octanol–water partition coefficient (Wildman–Crippen LogP) is 1.79. The molecule has 6 nitrogen and oxygen atoms in total. The van der Waals surface area contributed by atoms with Gasteiger partial charge in [0.25, 0.3) is 0 Å². The largest absolute Gasteiger partial charge is 0.491 e. The average Bonchev–Trinajstić information content (AvgIpc) is 2.65. The van der Waals surface area contributed by atoms with E-state index in [-0.39, 0.29) is 18.8 Å². The van der Waals surface area contributed by atoms with Crippen LogP contribution in [0.5, 0.6) is 5.75 Å². The first kappa shape index (κ1) is 22.1.